The smallest absolute Gasteiger partial charge is 0.340 e. The van der Waals surface area contributed by atoms with Crippen LogP contribution in [0.1, 0.15) is 22.8 Å². The van der Waals surface area contributed by atoms with Gasteiger partial charge < -0.3 is 14.8 Å². The van der Waals surface area contributed by atoms with Gasteiger partial charge in [0.1, 0.15) is 17.4 Å². The predicted molar refractivity (Wildman–Crippen MR) is 87.6 cm³/mol. The highest BCUT2D eigenvalue weighted by atomic mass is 19.1. The van der Waals surface area contributed by atoms with E-state index in [1.54, 1.807) is 12.1 Å². The molecule has 7 heteroatoms. The van der Waals surface area contributed by atoms with E-state index in [-0.39, 0.29) is 5.69 Å². The van der Waals surface area contributed by atoms with E-state index >= 15 is 0 Å². The molecule has 0 aromatic heterocycles. The van der Waals surface area contributed by atoms with Gasteiger partial charge in [-0.25, -0.2) is 13.6 Å². The maximum atomic E-state index is 13.8. The van der Waals surface area contributed by atoms with Gasteiger partial charge in [-0.1, -0.05) is 17.7 Å². The summed E-state index contributed by atoms with van der Waals surface area (Å²) in [5, 5.41) is 2.27. The van der Waals surface area contributed by atoms with Gasteiger partial charge in [0.05, 0.1) is 18.4 Å². The van der Waals surface area contributed by atoms with E-state index in [4.69, 9.17) is 4.74 Å². The second-order valence-electron chi connectivity index (χ2n) is 5.37. The Morgan fingerprint density at radius 2 is 1.72 bits per heavy atom. The minimum atomic E-state index is -1.08. The lowest BCUT2D eigenvalue weighted by molar-refractivity contribution is -0.122. The zero-order valence-electron chi connectivity index (χ0n) is 13.9. The molecule has 2 aromatic carbocycles. The van der Waals surface area contributed by atoms with Crippen molar-refractivity contribution in [2.75, 3.05) is 12.4 Å². The lowest BCUT2D eigenvalue weighted by Crippen LogP contribution is -2.30. The van der Waals surface area contributed by atoms with Crippen molar-refractivity contribution in [1.29, 1.82) is 0 Å². The first kappa shape index (κ1) is 18.4. The SMILES string of the molecule is COC(=O)c1cc(NC(=O)[C@@H](C)Oc2ccc(C)cc2)c(F)cc1F. The second kappa shape index (κ2) is 7.74. The maximum absolute atomic E-state index is 13.8. The molecule has 2 rings (SSSR count). The van der Waals surface area contributed by atoms with Gasteiger partial charge in [0.25, 0.3) is 5.91 Å². The fourth-order valence-electron chi connectivity index (χ4n) is 2.02. The molecular formula is C18H17F2NO4. The number of hydrogen-bond donors (Lipinski definition) is 1. The summed E-state index contributed by atoms with van der Waals surface area (Å²) in [5.74, 6) is -3.24. The van der Waals surface area contributed by atoms with Crippen molar-refractivity contribution >= 4 is 17.6 Å². The normalized spacial score (nSPS) is 11.6. The van der Waals surface area contributed by atoms with E-state index in [9.17, 15) is 18.4 Å². The number of ether oxygens (including phenoxy) is 2. The van der Waals surface area contributed by atoms with Gasteiger partial charge in [0.2, 0.25) is 0 Å². The Hall–Kier alpha value is -2.96. The molecule has 0 heterocycles. The highest BCUT2D eigenvalue weighted by Crippen LogP contribution is 2.21. The van der Waals surface area contributed by atoms with Crippen LogP contribution in [0.5, 0.6) is 5.75 Å². The monoisotopic (exact) mass is 349 g/mol. The van der Waals surface area contributed by atoms with Crippen LogP contribution in [-0.4, -0.2) is 25.1 Å². The van der Waals surface area contributed by atoms with E-state index in [0.717, 1.165) is 18.7 Å². The fourth-order valence-corrected chi connectivity index (χ4v) is 2.02. The summed E-state index contributed by atoms with van der Waals surface area (Å²) < 4.78 is 37.3. The van der Waals surface area contributed by atoms with Crippen LogP contribution in [-0.2, 0) is 9.53 Å². The third-order valence-electron chi connectivity index (χ3n) is 3.42. The third kappa shape index (κ3) is 4.53. The van der Waals surface area contributed by atoms with E-state index in [0.29, 0.717) is 11.8 Å². The van der Waals surface area contributed by atoms with Crippen molar-refractivity contribution in [2.24, 2.45) is 0 Å². The molecule has 0 saturated carbocycles. The van der Waals surface area contributed by atoms with E-state index < -0.39 is 35.2 Å². The zero-order chi connectivity index (χ0) is 18.6. The summed E-state index contributed by atoms with van der Waals surface area (Å²) in [4.78, 5) is 23.6. The van der Waals surface area contributed by atoms with Gasteiger partial charge >= 0.3 is 5.97 Å². The summed E-state index contributed by atoms with van der Waals surface area (Å²) >= 11 is 0. The quantitative estimate of drug-likeness (QED) is 0.840. The van der Waals surface area contributed by atoms with Gasteiger partial charge in [-0.2, -0.15) is 0 Å². The van der Waals surface area contributed by atoms with Gasteiger partial charge in [-0.15, -0.1) is 0 Å². The number of benzene rings is 2. The molecule has 2 aromatic rings. The molecule has 0 unspecified atom stereocenters. The highest BCUT2D eigenvalue weighted by molar-refractivity contribution is 5.96. The molecule has 0 saturated heterocycles. The van der Waals surface area contributed by atoms with Crippen molar-refractivity contribution < 1.29 is 27.8 Å². The number of halogens is 2. The minimum Gasteiger partial charge on any atom is -0.481 e. The first-order chi connectivity index (χ1) is 11.8. The van der Waals surface area contributed by atoms with E-state index in [1.165, 1.54) is 6.92 Å². The van der Waals surface area contributed by atoms with Crippen LogP contribution < -0.4 is 10.1 Å². The number of carbonyl (C=O) groups excluding carboxylic acids is 2. The third-order valence-corrected chi connectivity index (χ3v) is 3.42. The predicted octanol–water partition coefficient (Wildman–Crippen LogP) is 3.47. The molecule has 5 nitrogen and oxygen atoms in total. The molecule has 0 aliphatic carbocycles. The number of amides is 1. The number of rotatable bonds is 5. The van der Waals surface area contributed by atoms with Crippen molar-refractivity contribution in [3.8, 4) is 5.75 Å². The number of methoxy groups -OCH3 is 1. The number of anilines is 1. The molecule has 0 aliphatic heterocycles. The van der Waals surface area contributed by atoms with Crippen molar-refractivity contribution in [3.63, 3.8) is 0 Å². The lowest BCUT2D eigenvalue weighted by Gasteiger charge is -2.15. The van der Waals surface area contributed by atoms with Crippen LogP contribution in [0.2, 0.25) is 0 Å². The molecule has 1 atom stereocenters. The van der Waals surface area contributed by atoms with Gasteiger partial charge in [-0.3, -0.25) is 4.79 Å². The lowest BCUT2D eigenvalue weighted by atomic mass is 10.1. The van der Waals surface area contributed by atoms with Crippen molar-refractivity contribution in [1.82, 2.24) is 0 Å². The topological polar surface area (TPSA) is 64.6 Å². The summed E-state index contributed by atoms with van der Waals surface area (Å²) in [6, 6.07) is 8.44. The number of esters is 1. The summed E-state index contributed by atoms with van der Waals surface area (Å²) in [6.45, 7) is 3.40. The van der Waals surface area contributed by atoms with Crippen molar-refractivity contribution in [2.45, 2.75) is 20.0 Å². The average Bonchev–Trinajstić information content (AvgIpc) is 2.58. The second-order valence-corrected chi connectivity index (χ2v) is 5.37. The molecule has 0 fully saturated rings. The molecule has 0 aliphatic rings. The molecule has 132 valence electrons. The molecule has 0 spiro atoms. The fraction of sp³-hybridized carbons (Fsp3) is 0.222. The van der Waals surface area contributed by atoms with E-state index in [2.05, 4.69) is 10.1 Å². The van der Waals surface area contributed by atoms with Crippen LogP contribution in [0.15, 0.2) is 36.4 Å². The maximum Gasteiger partial charge on any atom is 0.340 e. The average molecular weight is 349 g/mol. The Balaban J connectivity index is 2.13. The van der Waals surface area contributed by atoms with Gasteiger partial charge in [-0.05, 0) is 32.0 Å². The van der Waals surface area contributed by atoms with Crippen LogP contribution in [0.3, 0.4) is 0 Å². The molecule has 0 radical (unpaired) electrons. The Kier molecular flexibility index (Phi) is 5.69. The molecule has 1 amide bonds. The minimum absolute atomic E-state index is 0.342. The summed E-state index contributed by atoms with van der Waals surface area (Å²) in [5.41, 5.74) is 0.214. The Bertz CT molecular complexity index is 790. The summed E-state index contributed by atoms with van der Waals surface area (Å²) in [7, 11) is 1.07. The van der Waals surface area contributed by atoms with Crippen LogP contribution in [0.4, 0.5) is 14.5 Å². The van der Waals surface area contributed by atoms with Crippen LogP contribution in [0.25, 0.3) is 0 Å². The molecule has 1 N–H and O–H groups in total. The standard InChI is InChI=1S/C18H17F2NO4/c1-10-4-6-12(7-5-10)25-11(2)17(22)21-16-8-13(18(23)24-3)14(19)9-15(16)20/h4-9,11H,1-3H3,(H,21,22)/t11-/m1/s1. The van der Waals surface area contributed by atoms with Gasteiger partial charge in [0.15, 0.2) is 6.10 Å². The van der Waals surface area contributed by atoms with Gasteiger partial charge in [0, 0.05) is 6.07 Å². The summed E-state index contributed by atoms with van der Waals surface area (Å²) in [6.07, 6.45) is -0.936. The largest absolute Gasteiger partial charge is 0.481 e. The number of nitrogens with one attached hydrogen (secondary N) is 1. The first-order valence-electron chi connectivity index (χ1n) is 7.43. The molecular weight excluding hydrogens is 332 g/mol. The van der Waals surface area contributed by atoms with Crippen LogP contribution in [0, 0.1) is 18.6 Å². The Labute approximate surface area is 143 Å². The van der Waals surface area contributed by atoms with Crippen LogP contribution >= 0.6 is 0 Å². The molecule has 25 heavy (non-hydrogen) atoms. The first-order valence-corrected chi connectivity index (χ1v) is 7.43. The number of hydrogen-bond acceptors (Lipinski definition) is 4. The molecule has 0 bridgehead atoms. The van der Waals surface area contributed by atoms with Crippen molar-refractivity contribution in [3.05, 3.63) is 59.2 Å². The number of aryl methyl sites for hydroxylation is 1. The zero-order valence-corrected chi connectivity index (χ0v) is 13.9. The van der Waals surface area contributed by atoms with E-state index in [1.807, 2.05) is 19.1 Å². The highest BCUT2D eigenvalue weighted by Gasteiger charge is 2.20. The Morgan fingerprint density at radius 1 is 1.08 bits per heavy atom. The Morgan fingerprint density at radius 3 is 2.32 bits per heavy atom. The number of carbonyl (C=O) groups is 2.